The zero-order valence-corrected chi connectivity index (χ0v) is 14.4. The fourth-order valence-corrected chi connectivity index (χ4v) is 3.30. The Morgan fingerprint density at radius 1 is 1.08 bits per heavy atom. The van der Waals surface area contributed by atoms with Crippen molar-refractivity contribution in [1.29, 1.82) is 0 Å². The van der Waals surface area contributed by atoms with Crippen LogP contribution in [0.15, 0.2) is 47.5 Å². The van der Waals surface area contributed by atoms with Crippen LogP contribution in [0.1, 0.15) is 12.7 Å². The van der Waals surface area contributed by atoms with E-state index >= 15 is 0 Å². The molecule has 0 fully saturated rings. The summed E-state index contributed by atoms with van der Waals surface area (Å²) >= 11 is 1.22. The maximum Gasteiger partial charge on any atom is 0.237 e. The van der Waals surface area contributed by atoms with E-state index in [9.17, 15) is 13.6 Å². The highest BCUT2D eigenvalue weighted by atomic mass is 32.2. The summed E-state index contributed by atoms with van der Waals surface area (Å²) in [6.45, 7) is 3.43. The first-order chi connectivity index (χ1) is 12.0. The molecule has 0 bridgehead atoms. The highest BCUT2D eigenvalue weighted by Gasteiger charge is 2.20. The maximum atomic E-state index is 13.7. The average Bonchev–Trinajstić information content (AvgIpc) is 2.58. The topological polar surface area (TPSA) is 54.9 Å². The summed E-state index contributed by atoms with van der Waals surface area (Å²) in [7, 11) is 0. The van der Waals surface area contributed by atoms with Crippen molar-refractivity contribution in [3.05, 3.63) is 59.9 Å². The Labute approximate surface area is 147 Å². The van der Waals surface area contributed by atoms with Gasteiger partial charge in [-0.05, 0) is 32.0 Å². The van der Waals surface area contributed by atoms with Gasteiger partial charge in [-0.15, -0.1) is 0 Å². The number of nitrogens with one attached hydrogen (secondary N) is 1. The molecule has 0 unspecified atom stereocenters. The van der Waals surface area contributed by atoms with E-state index in [1.165, 1.54) is 17.8 Å². The lowest BCUT2D eigenvalue weighted by atomic mass is 10.2. The third kappa shape index (κ3) is 3.76. The molecule has 1 heterocycles. The van der Waals surface area contributed by atoms with Crippen LogP contribution in [-0.4, -0.2) is 21.1 Å². The Morgan fingerprint density at radius 3 is 2.48 bits per heavy atom. The van der Waals surface area contributed by atoms with Gasteiger partial charge in [-0.2, -0.15) is 0 Å². The Kier molecular flexibility index (Phi) is 4.94. The van der Waals surface area contributed by atoms with Crippen molar-refractivity contribution in [2.45, 2.75) is 24.1 Å². The van der Waals surface area contributed by atoms with Crippen LogP contribution in [0.5, 0.6) is 0 Å². The van der Waals surface area contributed by atoms with Gasteiger partial charge in [0, 0.05) is 5.39 Å². The molecule has 0 radical (unpaired) electrons. The van der Waals surface area contributed by atoms with Crippen molar-refractivity contribution >= 4 is 34.3 Å². The third-order valence-electron chi connectivity index (χ3n) is 3.55. The highest BCUT2D eigenvalue weighted by Crippen LogP contribution is 2.29. The monoisotopic (exact) mass is 359 g/mol. The van der Waals surface area contributed by atoms with Crippen LogP contribution < -0.4 is 5.32 Å². The van der Waals surface area contributed by atoms with Crippen LogP contribution in [-0.2, 0) is 4.79 Å². The molecule has 0 aliphatic carbocycles. The van der Waals surface area contributed by atoms with Gasteiger partial charge in [0.2, 0.25) is 5.91 Å². The molecular weight excluding hydrogens is 344 g/mol. The zero-order valence-electron chi connectivity index (χ0n) is 13.6. The predicted molar refractivity (Wildman–Crippen MR) is 94.6 cm³/mol. The van der Waals surface area contributed by atoms with Crippen LogP contribution in [0, 0.1) is 18.6 Å². The molecule has 1 N–H and O–H groups in total. The van der Waals surface area contributed by atoms with Crippen LogP contribution in [0.2, 0.25) is 0 Å². The summed E-state index contributed by atoms with van der Waals surface area (Å²) in [5.74, 6) is -1.54. The van der Waals surface area contributed by atoms with E-state index in [1.54, 1.807) is 13.8 Å². The van der Waals surface area contributed by atoms with E-state index in [-0.39, 0.29) is 0 Å². The first-order valence-electron chi connectivity index (χ1n) is 7.60. The fourth-order valence-electron chi connectivity index (χ4n) is 2.31. The molecule has 7 heteroatoms. The number of benzene rings is 2. The Hall–Kier alpha value is -2.54. The molecule has 1 aromatic heterocycles. The molecule has 3 aromatic rings. The molecule has 25 heavy (non-hydrogen) atoms. The molecular formula is C18H15F2N3OS. The number of fused-ring (bicyclic) bond motifs is 1. The van der Waals surface area contributed by atoms with Gasteiger partial charge in [0.25, 0.3) is 0 Å². The van der Waals surface area contributed by atoms with Gasteiger partial charge >= 0.3 is 0 Å². The minimum absolute atomic E-state index is 0.441. The lowest BCUT2D eigenvalue weighted by Crippen LogP contribution is -2.23. The molecule has 3 rings (SSSR count). The number of carbonyl (C=O) groups is 1. The normalized spacial score (nSPS) is 12.2. The fraction of sp³-hybridized carbons (Fsp3) is 0.167. The second kappa shape index (κ2) is 7.14. The molecule has 4 nitrogen and oxygen atoms in total. The number of aryl methyl sites for hydroxylation is 1. The Balaban J connectivity index is 1.83. The standard InChI is InChI=1S/C18H15F2N3OS/c1-10(17(24)23-16-13(19)7-5-8-14(16)20)25-18-12-6-3-4-9-15(12)21-11(2)22-18/h3-10H,1-2H3,(H,23,24)/t10-/m1/s1. The summed E-state index contributed by atoms with van der Waals surface area (Å²) in [4.78, 5) is 21.1. The van der Waals surface area contributed by atoms with Gasteiger partial charge in [-0.1, -0.05) is 36.0 Å². The molecule has 1 amide bonds. The molecule has 0 saturated carbocycles. The van der Waals surface area contributed by atoms with E-state index in [0.717, 1.165) is 23.0 Å². The number of carbonyl (C=O) groups excluding carboxylic acids is 1. The van der Waals surface area contributed by atoms with Gasteiger partial charge < -0.3 is 5.32 Å². The molecule has 0 aliphatic rings. The molecule has 2 aromatic carbocycles. The van der Waals surface area contributed by atoms with E-state index in [2.05, 4.69) is 15.3 Å². The summed E-state index contributed by atoms with van der Waals surface area (Å²) in [5.41, 5.74) is 0.342. The van der Waals surface area contributed by atoms with Crippen molar-refractivity contribution in [2.24, 2.45) is 0 Å². The number of thioether (sulfide) groups is 1. The van der Waals surface area contributed by atoms with E-state index < -0.39 is 28.5 Å². The molecule has 128 valence electrons. The van der Waals surface area contributed by atoms with Gasteiger partial charge in [0.1, 0.15) is 28.2 Å². The van der Waals surface area contributed by atoms with Crippen LogP contribution in [0.3, 0.4) is 0 Å². The number of halogens is 2. The molecule has 1 atom stereocenters. The predicted octanol–water partition coefficient (Wildman–Crippen LogP) is 4.34. The number of aromatic nitrogens is 2. The van der Waals surface area contributed by atoms with Gasteiger partial charge in [0.05, 0.1) is 10.8 Å². The third-order valence-corrected chi connectivity index (χ3v) is 4.65. The SMILES string of the molecule is Cc1nc(S[C@H](C)C(=O)Nc2c(F)cccc2F)c2ccccc2n1. The number of nitrogens with zero attached hydrogens (tertiary/aromatic N) is 2. The first kappa shape index (κ1) is 17.3. The Morgan fingerprint density at radius 2 is 1.76 bits per heavy atom. The highest BCUT2D eigenvalue weighted by molar-refractivity contribution is 8.00. The quantitative estimate of drug-likeness (QED) is 0.556. The molecule has 0 spiro atoms. The van der Waals surface area contributed by atoms with E-state index in [4.69, 9.17) is 0 Å². The molecule has 0 saturated heterocycles. The average molecular weight is 359 g/mol. The van der Waals surface area contributed by atoms with Crippen molar-refractivity contribution in [2.75, 3.05) is 5.32 Å². The molecule has 0 aliphatic heterocycles. The lowest BCUT2D eigenvalue weighted by Gasteiger charge is -2.14. The van der Waals surface area contributed by atoms with Crippen molar-refractivity contribution < 1.29 is 13.6 Å². The van der Waals surface area contributed by atoms with Gasteiger partial charge in [0.15, 0.2) is 0 Å². The maximum absolute atomic E-state index is 13.7. The first-order valence-corrected chi connectivity index (χ1v) is 8.48. The second-order valence-corrected chi connectivity index (χ2v) is 6.77. The summed E-state index contributed by atoms with van der Waals surface area (Å²) < 4.78 is 27.4. The number of para-hydroxylation sites is 2. The zero-order chi connectivity index (χ0) is 18.0. The van der Waals surface area contributed by atoms with E-state index in [1.807, 2.05) is 24.3 Å². The lowest BCUT2D eigenvalue weighted by molar-refractivity contribution is -0.115. The second-order valence-electron chi connectivity index (χ2n) is 5.44. The number of rotatable bonds is 4. The van der Waals surface area contributed by atoms with Crippen LogP contribution in [0.4, 0.5) is 14.5 Å². The van der Waals surface area contributed by atoms with Crippen molar-refractivity contribution in [1.82, 2.24) is 9.97 Å². The summed E-state index contributed by atoms with van der Waals surface area (Å²) in [5, 5.41) is 3.19. The summed E-state index contributed by atoms with van der Waals surface area (Å²) in [6.07, 6.45) is 0. The number of hydrogen-bond donors (Lipinski definition) is 1. The number of hydrogen-bond acceptors (Lipinski definition) is 4. The minimum atomic E-state index is -0.811. The van der Waals surface area contributed by atoms with Crippen LogP contribution in [0.25, 0.3) is 10.9 Å². The van der Waals surface area contributed by atoms with Crippen LogP contribution >= 0.6 is 11.8 Å². The number of amides is 1. The Bertz CT molecular complexity index is 929. The smallest absolute Gasteiger partial charge is 0.237 e. The van der Waals surface area contributed by atoms with Crippen molar-refractivity contribution in [3.63, 3.8) is 0 Å². The van der Waals surface area contributed by atoms with Gasteiger partial charge in [-0.3, -0.25) is 4.79 Å². The van der Waals surface area contributed by atoms with Crippen molar-refractivity contribution in [3.8, 4) is 0 Å². The largest absolute Gasteiger partial charge is 0.320 e. The van der Waals surface area contributed by atoms with Gasteiger partial charge in [-0.25, -0.2) is 18.7 Å². The minimum Gasteiger partial charge on any atom is -0.320 e. The van der Waals surface area contributed by atoms with E-state index in [0.29, 0.717) is 10.9 Å². The summed E-state index contributed by atoms with van der Waals surface area (Å²) in [6, 6.07) is 10.9. The number of anilines is 1.